The molecule has 0 unspecified atom stereocenters. The fourth-order valence-corrected chi connectivity index (χ4v) is 1.41. The molecule has 1 aromatic rings. The molecule has 0 aromatic carbocycles. The Morgan fingerprint density at radius 1 is 1.44 bits per heavy atom. The zero-order valence-corrected chi connectivity index (χ0v) is 10.7. The largest absolute Gasteiger partial charge is 0.469 e. The molecule has 0 spiro atoms. The third-order valence-electron chi connectivity index (χ3n) is 2.47. The highest BCUT2D eigenvalue weighted by Gasteiger charge is 2.08. The van der Waals surface area contributed by atoms with Crippen molar-refractivity contribution in [1.29, 1.82) is 0 Å². The number of urea groups is 1. The lowest BCUT2D eigenvalue weighted by atomic mass is 10.1. The number of rotatable bonds is 6. The smallest absolute Gasteiger partial charge is 0.315 e. The Kier molecular flexibility index (Phi) is 5.76. The average Bonchev–Trinajstić information content (AvgIpc) is 2.86. The van der Waals surface area contributed by atoms with E-state index in [1.165, 1.54) is 7.05 Å². The molecule has 0 aliphatic heterocycles. The molecule has 6 nitrogen and oxygen atoms in total. The van der Waals surface area contributed by atoms with Crippen molar-refractivity contribution in [1.82, 2.24) is 16.0 Å². The minimum absolute atomic E-state index is 0.0137. The van der Waals surface area contributed by atoms with Crippen molar-refractivity contribution in [3.05, 3.63) is 24.2 Å². The maximum Gasteiger partial charge on any atom is 0.315 e. The maximum atomic E-state index is 11.4. The fraction of sp³-hybridized carbons (Fsp3) is 0.500. The molecule has 0 radical (unpaired) electrons. The van der Waals surface area contributed by atoms with Gasteiger partial charge in [0.1, 0.15) is 5.76 Å². The first kappa shape index (κ1) is 14.1. The minimum Gasteiger partial charge on any atom is -0.469 e. The quantitative estimate of drug-likeness (QED) is 0.696. The topological polar surface area (TPSA) is 83.4 Å². The highest BCUT2D eigenvalue weighted by Crippen LogP contribution is 2.05. The van der Waals surface area contributed by atoms with E-state index in [9.17, 15) is 9.59 Å². The standard InChI is InChI=1S/C12H19N3O3/c1-9(5-6-10-4-3-7-18-10)15-12(17)14-8-11(16)13-2/h3-4,7,9H,5-6,8H2,1-2H3,(H,13,16)(H2,14,15,17)/t9-/m1/s1. The highest BCUT2D eigenvalue weighted by atomic mass is 16.3. The monoisotopic (exact) mass is 253 g/mol. The van der Waals surface area contributed by atoms with E-state index in [0.717, 1.165) is 18.6 Å². The summed E-state index contributed by atoms with van der Waals surface area (Å²) in [7, 11) is 1.52. The number of carbonyl (C=O) groups is 2. The summed E-state index contributed by atoms with van der Waals surface area (Å²) < 4.78 is 5.20. The maximum absolute atomic E-state index is 11.4. The van der Waals surface area contributed by atoms with E-state index in [0.29, 0.717) is 0 Å². The van der Waals surface area contributed by atoms with Crippen LogP contribution in [-0.2, 0) is 11.2 Å². The number of hydrogen-bond acceptors (Lipinski definition) is 3. The van der Waals surface area contributed by atoms with E-state index in [2.05, 4.69) is 16.0 Å². The normalized spacial score (nSPS) is 11.7. The minimum atomic E-state index is -0.342. The zero-order valence-electron chi connectivity index (χ0n) is 10.7. The lowest BCUT2D eigenvalue weighted by molar-refractivity contribution is -0.119. The number of likely N-dealkylation sites (N-methyl/N-ethyl adjacent to an activating group) is 1. The van der Waals surface area contributed by atoms with E-state index in [-0.39, 0.29) is 24.5 Å². The van der Waals surface area contributed by atoms with Crippen LogP contribution in [0, 0.1) is 0 Å². The van der Waals surface area contributed by atoms with Gasteiger partial charge in [-0.1, -0.05) is 0 Å². The van der Waals surface area contributed by atoms with E-state index in [4.69, 9.17) is 4.42 Å². The first-order chi connectivity index (χ1) is 8.61. The number of hydrogen-bond donors (Lipinski definition) is 3. The van der Waals surface area contributed by atoms with E-state index >= 15 is 0 Å². The van der Waals surface area contributed by atoms with Gasteiger partial charge in [-0.05, 0) is 25.5 Å². The molecular formula is C12H19N3O3. The van der Waals surface area contributed by atoms with E-state index in [1.807, 2.05) is 19.1 Å². The molecule has 3 N–H and O–H groups in total. The summed E-state index contributed by atoms with van der Waals surface area (Å²) >= 11 is 0. The van der Waals surface area contributed by atoms with Crippen molar-refractivity contribution in [2.45, 2.75) is 25.8 Å². The second kappa shape index (κ2) is 7.37. The van der Waals surface area contributed by atoms with Crippen LogP contribution in [-0.4, -0.2) is 31.6 Å². The van der Waals surface area contributed by atoms with Crippen LogP contribution in [0.4, 0.5) is 4.79 Å². The van der Waals surface area contributed by atoms with Gasteiger partial charge in [-0.3, -0.25) is 4.79 Å². The summed E-state index contributed by atoms with van der Waals surface area (Å²) in [4.78, 5) is 22.3. The van der Waals surface area contributed by atoms with Crippen molar-refractivity contribution in [3.63, 3.8) is 0 Å². The Morgan fingerprint density at radius 3 is 2.83 bits per heavy atom. The van der Waals surface area contributed by atoms with Crippen molar-refractivity contribution in [2.24, 2.45) is 0 Å². The van der Waals surface area contributed by atoms with Gasteiger partial charge < -0.3 is 20.4 Å². The predicted molar refractivity (Wildman–Crippen MR) is 67.1 cm³/mol. The van der Waals surface area contributed by atoms with Gasteiger partial charge in [0.2, 0.25) is 5.91 Å². The molecule has 6 heteroatoms. The van der Waals surface area contributed by atoms with Crippen molar-refractivity contribution in [3.8, 4) is 0 Å². The third kappa shape index (κ3) is 5.38. The second-order valence-corrected chi connectivity index (χ2v) is 4.02. The third-order valence-corrected chi connectivity index (χ3v) is 2.47. The Labute approximate surface area is 106 Å². The fourth-order valence-electron chi connectivity index (χ4n) is 1.41. The van der Waals surface area contributed by atoms with Crippen LogP contribution in [0.3, 0.4) is 0 Å². The summed E-state index contributed by atoms with van der Waals surface area (Å²) in [6.45, 7) is 1.88. The lowest BCUT2D eigenvalue weighted by Gasteiger charge is -2.13. The van der Waals surface area contributed by atoms with Crippen LogP contribution >= 0.6 is 0 Å². The molecule has 0 fully saturated rings. The molecule has 100 valence electrons. The van der Waals surface area contributed by atoms with Crippen molar-refractivity contribution < 1.29 is 14.0 Å². The van der Waals surface area contributed by atoms with Crippen LogP contribution in [0.1, 0.15) is 19.1 Å². The number of amides is 3. The van der Waals surface area contributed by atoms with Gasteiger partial charge >= 0.3 is 6.03 Å². The lowest BCUT2D eigenvalue weighted by Crippen LogP contribution is -2.44. The molecule has 0 saturated heterocycles. The van der Waals surface area contributed by atoms with Gasteiger partial charge in [0, 0.05) is 19.5 Å². The first-order valence-corrected chi connectivity index (χ1v) is 5.89. The molecule has 18 heavy (non-hydrogen) atoms. The van der Waals surface area contributed by atoms with Gasteiger partial charge in [0.25, 0.3) is 0 Å². The molecule has 1 atom stereocenters. The van der Waals surface area contributed by atoms with Crippen molar-refractivity contribution in [2.75, 3.05) is 13.6 Å². The molecule has 1 heterocycles. The van der Waals surface area contributed by atoms with Crippen molar-refractivity contribution >= 4 is 11.9 Å². The number of furan rings is 1. The number of aryl methyl sites for hydroxylation is 1. The summed E-state index contributed by atoms with van der Waals surface area (Å²) in [6.07, 6.45) is 3.17. The second-order valence-electron chi connectivity index (χ2n) is 4.02. The van der Waals surface area contributed by atoms with Gasteiger partial charge in [0.05, 0.1) is 12.8 Å². The molecule has 0 saturated carbocycles. The van der Waals surface area contributed by atoms with Gasteiger partial charge in [-0.15, -0.1) is 0 Å². The van der Waals surface area contributed by atoms with E-state index in [1.54, 1.807) is 6.26 Å². The van der Waals surface area contributed by atoms with E-state index < -0.39 is 0 Å². The number of carbonyl (C=O) groups excluding carboxylic acids is 2. The number of nitrogens with one attached hydrogen (secondary N) is 3. The van der Waals surface area contributed by atoms with Gasteiger partial charge in [-0.2, -0.15) is 0 Å². The van der Waals surface area contributed by atoms with Gasteiger partial charge in [-0.25, -0.2) is 4.79 Å². The molecule has 1 aromatic heterocycles. The van der Waals surface area contributed by atoms with Gasteiger partial charge in [0.15, 0.2) is 0 Å². The first-order valence-electron chi connectivity index (χ1n) is 5.89. The molecular weight excluding hydrogens is 234 g/mol. The Balaban J connectivity index is 2.17. The Morgan fingerprint density at radius 2 is 2.22 bits per heavy atom. The summed E-state index contributed by atoms with van der Waals surface area (Å²) in [5.41, 5.74) is 0. The Hall–Kier alpha value is -1.98. The molecule has 1 rings (SSSR count). The summed E-state index contributed by atoms with van der Waals surface area (Å²) in [5.74, 6) is 0.669. The van der Waals surface area contributed by atoms with Crippen LogP contribution in [0.5, 0.6) is 0 Å². The molecule has 0 aliphatic carbocycles. The summed E-state index contributed by atoms with van der Waals surface area (Å²) in [5, 5.41) is 7.65. The SMILES string of the molecule is CNC(=O)CNC(=O)N[C@H](C)CCc1ccco1. The summed E-state index contributed by atoms with van der Waals surface area (Å²) in [6, 6.07) is 3.41. The average molecular weight is 253 g/mol. The van der Waals surface area contributed by atoms with Crippen LogP contribution in [0.15, 0.2) is 22.8 Å². The Bertz CT molecular complexity index is 376. The van der Waals surface area contributed by atoms with Crippen LogP contribution in [0.2, 0.25) is 0 Å². The molecule has 0 bridgehead atoms. The molecule has 3 amide bonds. The molecule has 0 aliphatic rings. The predicted octanol–water partition coefficient (Wildman–Crippen LogP) is 0.646. The van der Waals surface area contributed by atoms with Crippen LogP contribution in [0.25, 0.3) is 0 Å². The zero-order chi connectivity index (χ0) is 13.4. The van der Waals surface area contributed by atoms with Crippen LogP contribution < -0.4 is 16.0 Å². The highest BCUT2D eigenvalue weighted by molar-refractivity contribution is 5.83.